The van der Waals surface area contributed by atoms with Gasteiger partial charge >= 0.3 is 23.3 Å². The van der Waals surface area contributed by atoms with Gasteiger partial charge in [-0.25, -0.2) is 28.6 Å². The van der Waals surface area contributed by atoms with Gasteiger partial charge in [-0.2, -0.15) is 4.31 Å². The molecule has 1 aliphatic rings. The highest BCUT2D eigenvalue weighted by Gasteiger charge is 2.50. The molecular formula is C10H17N6O12P3. The standard InChI is InChI=1S/C10H17N6O12P3/c11-8-5-9(13-2-12-8)16(3-14-5)10-6(18)7(4(1-17)26-10)27-29(19,20)15-30(21,22)28-31(23,24)25/h2-4,6-7,10,17-18H,1H2,(H2,11,12,13)(H2,23,24,25)(H3,15,19,20,21,22)/t4-,6-,7-,10-/m1/s1. The zero-order valence-electron chi connectivity index (χ0n) is 15.0. The molecule has 1 saturated heterocycles. The van der Waals surface area contributed by atoms with E-state index in [1.165, 1.54) is 10.9 Å². The van der Waals surface area contributed by atoms with Crippen molar-refractivity contribution in [1.29, 1.82) is 0 Å². The molecule has 3 heterocycles. The summed E-state index contributed by atoms with van der Waals surface area (Å²) < 4.78 is 49.4. The van der Waals surface area contributed by atoms with Crippen LogP contribution in [0.4, 0.5) is 5.82 Å². The van der Waals surface area contributed by atoms with Crippen LogP contribution in [0.15, 0.2) is 12.7 Å². The first-order valence-corrected chi connectivity index (χ1v) is 12.7. The topological polar surface area (TPSA) is 282 Å². The summed E-state index contributed by atoms with van der Waals surface area (Å²) in [6, 6.07) is 0. The number of nitrogens with one attached hydrogen (secondary N) is 1. The highest BCUT2D eigenvalue weighted by atomic mass is 31.3. The molecule has 0 aliphatic carbocycles. The molecule has 0 aromatic carbocycles. The van der Waals surface area contributed by atoms with Gasteiger partial charge in [-0.05, 0) is 0 Å². The number of phosphoric acid groups is 1. The second-order valence-corrected chi connectivity index (χ2v) is 10.8. The molecule has 2 aromatic rings. The fraction of sp³-hybridized carbons (Fsp3) is 0.500. The average Bonchev–Trinajstić information content (AvgIpc) is 3.14. The molecule has 174 valence electrons. The molecule has 18 nitrogen and oxygen atoms in total. The minimum absolute atomic E-state index is 0.0237. The maximum absolute atomic E-state index is 12.2. The lowest BCUT2D eigenvalue weighted by molar-refractivity contribution is -0.0506. The molecule has 0 radical (unpaired) electrons. The number of hydrogen-bond acceptors (Lipinski definition) is 12. The molecule has 3 rings (SSSR count). The lowest BCUT2D eigenvalue weighted by Crippen LogP contribution is -2.36. The minimum atomic E-state index is -5.52. The maximum atomic E-state index is 12.2. The summed E-state index contributed by atoms with van der Waals surface area (Å²) in [5.41, 5.74) is 5.96. The monoisotopic (exact) mass is 506 g/mol. The van der Waals surface area contributed by atoms with Crippen LogP contribution in [0.2, 0.25) is 0 Å². The molecule has 0 bridgehead atoms. The largest absolute Gasteiger partial charge is 0.477 e. The Morgan fingerprint density at radius 2 is 1.84 bits per heavy atom. The van der Waals surface area contributed by atoms with Crippen molar-refractivity contribution in [1.82, 2.24) is 24.4 Å². The van der Waals surface area contributed by atoms with Crippen LogP contribution in [0, 0.1) is 0 Å². The predicted molar refractivity (Wildman–Crippen MR) is 97.5 cm³/mol. The molecule has 2 unspecified atom stereocenters. The highest BCUT2D eigenvalue weighted by molar-refractivity contribution is 7.70. The molecule has 1 aliphatic heterocycles. The van der Waals surface area contributed by atoms with Gasteiger partial charge in [0.15, 0.2) is 17.7 Å². The molecule has 1 fully saturated rings. The van der Waals surface area contributed by atoms with Gasteiger partial charge in [0.1, 0.15) is 30.2 Å². The second-order valence-electron chi connectivity index (χ2n) is 6.10. The summed E-state index contributed by atoms with van der Waals surface area (Å²) in [4.78, 5) is 49.0. The van der Waals surface area contributed by atoms with Gasteiger partial charge in [-0.3, -0.25) is 9.09 Å². The third-order valence-corrected chi connectivity index (χ3v) is 8.17. The smallest absolute Gasteiger partial charge is 0.394 e. The van der Waals surface area contributed by atoms with Crippen molar-refractivity contribution in [2.24, 2.45) is 0 Å². The molecule has 0 spiro atoms. The number of nitrogen functional groups attached to an aromatic ring is 1. The van der Waals surface area contributed by atoms with E-state index in [-0.39, 0.29) is 17.0 Å². The number of fused-ring (bicyclic) bond motifs is 1. The van der Waals surface area contributed by atoms with E-state index in [4.69, 9.17) is 24.8 Å². The summed E-state index contributed by atoms with van der Waals surface area (Å²) in [6.45, 7) is -0.822. The molecule has 21 heteroatoms. The number of nitrogens with two attached hydrogens (primary N) is 1. The lowest BCUT2D eigenvalue weighted by Gasteiger charge is -2.24. The Labute approximate surface area is 172 Å². The molecular weight excluding hydrogens is 489 g/mol. The van der Waals surface area contributed by atoms with Crippen molar-refractivity contribution in [2.75, 3.05) is 12.3 Å². The summed E-state index contributed by atoms with van der Waals surface area (Å²) in [7, 11) is -16.4. The Morgan fingerprint density at radius 3 is 2.45 bits per heavy atom. The lowest BCUT2D eigenvalue weighted by atomic mass is 10.1. The van der Waals surface area contributed by atoms with E-state index < -0.39 is 54.5 Å². The van der Waals surface area contributed by atoms with Crippen LogP contribution < -0.4 is 10.6 Å². The fourth-order valence-corrected chi connectivity index (χ4v) is 6.48. The Balaban J connectivity index is 1.83. The number of imidazole rings is 1. The van der Waals surface area contributed by atoms with Crippen LogP contribution >= 0.6 is 23.3 Å². The number of rotatable bonds is 8. The van der Waals surface area contributed by atoms with E-state index in [0.29, 0.717) is 0 Å². The van der Waals surface area contributed by atoms with E-state index >= 15 is 0 Å². The zero-order chi connectivity index (χ0) is 23.2. The normalized spacial score (nSPS) is 28.5. The van der Waals surface area contributed by atoms with Gasteiger partial charge in [0.05, 0.1) is 12.9 Å². The van der Waals surface area contributed by atoms with Crippen molar-refractivity contribution >= 4 is 40.3 Å². The van der Waals surface area contributed by atoms with Crippen LogP contribution in [0.5, 0.6) is 0 Å². The van der Waals surface area contributed by atoms with Gasteiger partial charge in [0, 0.05) is 0 Å². The van der Waals surface area contributed by atoms with Gasteiger partial charge < -0.3 is 40.3 Å². The van der Waals surface area contributed by atoms with Crippen LogP contribution in [0.25, 0.3) is 11.2 Å². The van der Waals surface area contributed by atoms with E-state index in [1.807, 2.05) is 0 Å². The Bertz CT molecular complexity index is 1110. The zero-order valence-corrected chi connectivity index (χ0v) is 17.7. The van der Waals surface area contributed by atoms with Crippen molar-refractivity contribution in [3.63, 3.8) is 0 Å². The van der Waals surface area contributed by atoms with Crippen molar-refractivity contribution in [3.05, 3.63) is 12.7 Å². The van der Waals surface area contributed by atoms with Gasteiger partial charge in [0.25, 0.3) is 0 Å². The SMILES string of the molecule is Nc1ncnc2c1ncn2[C@@H]1O[C@H](CO)[C@@H](OP(=O)(O)NP(=O)(O)OP(=O)(O)O)[C@H]1O. The van der Waals surface area contributed by atoms with Crippen LogP contribution in [0.3, 0.4) is 0 Å². The van der Waals surface area contributed by atoms with E-state index in [0.717, 1.165) is 11.2 Å². The summed E-state index contributed by atoms with van der Waals surface area (Å²) in [5, 5.41) is 20.1. The molecule has 6 atom stereocenters. The van der Waals surface area contributed by atoms with Gasteiger partial charge in [0.2, 0.25) is 0 Å². The predicted octanol–water partition coefficient (Wildman–Crippen LogP) is -2.06. The Hall–Kier alpha value is -1.36. The first-order valence-electron chi connectivity index (χ1n) is 8.01. The van der Waals surface area contributed by atoms with E-state index in [9.17, 15) is 33.7 Å². The number of anilines is 1. The first-order chi connectivity index (χ1) is 14.2. The fourth-order valence-electron chi connectivity index (χ4n) is 2.79. The van der Waals surface area contributed by atoms with Gasteiger partial charge in [-0.1, -0.05) is 0 Å². The van der Waals surface area contributed by atoms with Crippen LogP contribution in [-0.4, -0.2) is 74.2 Å². The van der Waals surface area contributed by atoms with Crippen LogP contribution in [-0.2, 0) is 27.3 Å². The highest BCUT2D eigenvalue weighted by Crippen LogP contribution is 2.60. The second kappa shape index (κ2) is 8.53. The quantitative estimate of drug-likeness (QED) is 0.179. The van der Waals surface area contributed by atoms with Crippen LogP contribution in [0.1, 0.15) is 6.23 Å². The molecule has 2 aromatic heterocycles. The average molecular weight is 506 g/mol. The summed E-state index contributed by atoms with van der Waals surface area (Å²) in [6.07, 6.45) is -4.00. The number of aliphatic hydroxyl groups is 2. The number of aromatic nitrogens is 4. The summed E-state index contributed by atoms with van der Waals surface area (Å²) >= 11 is 0. The number of ether oxygens (including phenoxy) is 1. The van der Waals surface area contributed by atoms with E-state index in [2.05, 4.69) is 19.3 Å². The molecule has 31 heavy (non-hydrogen) atoms. The van der Waals surface area contributed by atoms with Crippen molar-refractivity contribution in [3.8, 4) is 0 Å². The molecule has 0 saturated carbocycles. The third kappa shape index (κ3) is 5.53. The van der Waals surface area contributed by atoms with E-state index in [1.54, 1.807) is 0 Å². The number of nitrogens with zero attached hydrogens (tertiary/aromatic N) is 4. The third-order valence-electron chi connectivity index (χ3n) is 3.88. The maximum Gasteiger partial charge on any atom is 0.477 e. The minimum Gasteiger partial charge on any atom is -0.394 e. The molecule has 0 amide bonds. The van der Waals surface area contributed by atoms with Gasteiger partial charge in [-0.15, -0.1) is 4.86 Å². The summed E-state index contributed by atoms with van der Waals surface area (Å²) in [5.74, 6) is 0.0237. The van der Waals surface area contributed by atoms with Crippen molar-refractivity contribution < 1.29 is 57.1 Å². The Morgan fingerprint density at radius 1 is 1.16 bits per heavy atom. The first kappa shape index (κ1) is 24.3. The number of hydrogen-bond donors (Lipinski definition) is 8. The molecule has 9 N–H and O–H groups in total. The number of aliphatic hydroxyl groups excluding tert-OH is 2. The van der Waals surface area contributed by atoms with Crippen molar-refractivity contribution in [2.45, 2.75) is 24.5 Å². The Kier molecular flexibility index (Phi) is 6.68.